The van der Waals surface area contributed by atoms with Crippen LogP contribution in [-0.2, 0) is 17.8 Å². The van der Waals surface area contributed by atoms with E-state index in [2.05, 4.69) is 33.5 Å². The molecule has 2 aromatic heterocycles. The first-order valence-corrected chi connectivity index (χ1v) is 8.37. The Bertz CT molecular complexity index is 577. The molecule has 5 nitrogen and oxygen atoms in total. The van der Waals surface area contributed by atoms with Crippen LogP contribution in [0.1, 0.15) is 22.4 Å². The van der Waals surface area contributed by atoms with Crippen molar-refractivity contribution in [2.75, 3.05) is 27.2 Å². The van der Waals surface area contributed by atoms with E-state index in [1.54, 1.807) is 17.5 Å². The number of thiophene rings is 1. The van der Waals surface area contributed by atoms with Gasteiger partial charge in [-0.05, 0) is 50.0 Å². The summed E-state index contributed by atoms with van der Waals surface area (Å²) < 4.78 is 0. The van der Waals surface area contributed by atoms with Crippen LogP contribution in [0.2, 0.25) is 0 Å². The molecule has 0 spiro atoms. The molecule has 2 rings (SSSR count). The lowest BCUT2D eigenvalue weighted by Gasteiger charge is -2.24. The molecule has 0 aliphatic heterocycles. The van der Waals surface area contributed by atoms with E-state index in [9.17, 15) is 4.79 Å². The number of rotatable bonds is 8. The van der Waals surface area contributed by atoms with Crippen molar-refractivity contribution >= 4 is 17.2 Å². The van der Waals surface area contributed by atoms with Gasteiger partial charge in [-0.1, -0.05) is 0 Å². The Kier molecular flexibility index (Phi) is 6.15. The van der Waals surface area contributed by atoms with Crippen molar-refractivity contribution in [3.05, 3.63) is 39.8 Å². The van der Waals surface area contributed by atoms with Crippen LogP contribution < -0.4 is 0 Å². The zero-order chi connectivity index (χ0) is 15.9. The van der Waals surface area contributed by atoms with Crippen LogP contribution in [0.5, 0.6) is 0 Å². The second-order valence-corrected chi connectivity index (χ2v) is 6.75. The van der Waals surface area contributed by atoms with Crippen molar-refractivity contribution < 1.29 is 4.79 Å². The van der Waals surface area contributed by atoms with Crippen LogP contribution in [0.4, 0.5) is 0 Å². The maximum absolute atomic E-state index is 12.6. The zero-order valence-electron chi connectivity index (χ0n) is 13.5. The van der Waals surface area contributed by atoms with E-state index in [-0.39, 0.29) is 5.91 Å². The summed E-state index contributed by atoms with van der Waals surface area (Å²) in [4.78, 5) is 17.9. The SMILES string of the molecule is Cc1ccsc1CN(CCN(C)C)C(=O)CCc1cn[nH]c1. The lowest BCUT2D eigenvalue weighted by atomic mass is 10.2. The van der Waals surface area contributed by atoms with E-state index in [1.165, 1.54) is 10.4 Å². The van der Waals surface area contributed by atoms with E-state index >= 15 is 0 Å². The summed E-state index contributed by atoms with van der Waals surface area (Å²) in [6.45, 7) is 4.45. The number of aryl methyl sites for hydroxylation is 2. The molecule has 6 heteroatoms. The van der Waals surface area contributed by atoms with Crippen molar-refractivity contribution in [2.24, 2.45) is 0 Å². The first-order valence-electron chi connectivity index (χ1n) is 7.49. The van der Waals surface area contributed by atoms with Crippen LogP contribution in [0.15, 0.2) is 23.8 Å². The predicted octanol–water partition coefficient (Wildman–Crippen LogP) is 2.30. The molecular formula is C16H24N4OS. The Balaban J connectivity index is 1.96. The molecule has 1 amide bonds. The van der Waals surface area contributed by atoms with Gasteiger partial charge in [0.1, 0.15) is 0 Å². The highest BCUT2D eigenvalue weighted by Gasteiger charge is 2.16. The third-order valence-electron chi connectivity index (χ3n) is 3.65. The van der Waals surface area contributed by atoms with Crippen LogP contribution in [-0.4, -0.2) is 53.1 Å². The molecule has 22 heavy (non-hydrogen) atoms. The number of amides is 1. The van der Waals surface area contributed by atoms with Gasteiger partial charge >= 0.3 is 0 Å². The number of nitrogens with zero attached hydrogens (tertiary/aromatic N) is 3. The third-order valence-corrected chi connectivity index (χ3v) is 4.66. The van der Waals surface area contributed by atoms with Gasteiger partial charge in [0.15, 0.2) is 0 Å². The van der Waals surface area contributed by atoms with E-state index in [4.69, 9.17) is 0 Å². The minimum Gasteiger partial charge on any atom is -0.336 e. The minimum absolute atomic E-state index is 0.204. The molecule has 0 aromatic carbocycles. The van der Waals surface area contributed by atoms with Gasteiger partial charge in [0, 0.05) is 30.6 Å². The van der Waals surface area contributed by atoms with Crippen LogP contribution in [0, 0.1) is 6.92 Å². The largest absolute Gasteiger partial charge is 0.336 e. The maximum atomic E-state index is 12.6. The predicted molar refractivity (Wildman–Crippen MR) is 89.9 cm³/mol. The Morgan fingerprint density at radius 2 is 2.18 bits per heavy atom. The second-order valence-electron chi connectivity index (χ2n) is 5.75. The molecule has 0 bridgehead atoms. The summed E-state index contributed by atoms with van der Waals surface area (Å²) in [5, 5.41) is 8.80. The summed E-state index contributed by atoms with van der Waals surface area (Å²) in [7, 11) is 4.06. The van der Waals surface area contributed by atoms with Gasteiger partial charge in [-0.3, -0.25) is 9.89 Å². The quantitative estimate of drug-likeness (QED) is 0.812. The van der Waals surface area contributed by atoms with Crippen molar-refractivity contribution in [3.63, 3.8) is 0 Å². The van der Waals surface area contributed by atoms with E-state index in [1.807, 2.05) is 25.2 Å². The van der Waals surface area contributed by atoms with Crippen LogP contribution >= 0.6 is 11.3 Å². The number of hydrogen-bond donors (Lipinski definition) is 1. The number of aromatic amines is 1. The topological polar surface area (TPSA) is 52.2 Å². The van der Waals surface area contributed by atoms with Gasteiger partial charge in [0.2, 0.25) is 5.91 Å². The smallest absolute Gasteiger partial charge is 0.223 e. The normalized spacial score (nSPS) is 11.1. The Morgan fingerprint density at radius 1 is 1.36 bits per heavy atom. The molecule has 120 valence electrons. The first-order chi connectivity index (χ1) is 10.6. The number of hydrogen-bond acceptors (Lipinski definition) is 4. The molecular weight excluding hydrogens is 296 g/mol. The second kappa shape index (κ2) is 8.10. The summed E-state index contributed by atoms with van der Waals surface area (Å²) in [5.41, 5.74) is 2.34. The summed E-state index contributed by atoms with van der Waals surface area (Å²) in [6, 6.07) is 2.11. The molecule has 0 unspecified atom stereocenters. The highest BCUT2D eigenvalue weighted by molar-refractivity contribution is 7.10. The van der Waals surface area contributed by atoms with Crippen LogP contribution in [0.25, 0.3) is 0 Å². The third kappa shape index (κ3) is 4.96. The Labute approximate surface area is 135 Å². The van der Waals surface area contributed by atoms with Crippen molar-refractivity contribution in [1.29, 1.82) is 0 Å². The number of carbonyl (C=O) groups is 1. The van der Waals surface area contributed by atoms with Crippen molar-refractivity contribution in [1.82, 2.24) is 20.0 Å². The first kappa shape index (κ1) is 16.7. The lowest BCUT2D eigenvalue weighted by Crippen LogP contribution is -2.36. The summed E-state index contributed by atoms with van der Waals surface area (Å²) >= 11 is 1.72. The van der Waals surface area contributed by atoms with Gasteiger partial charge in [-0.25, -0.2) is 0 Å². The highest BCUT2D eigenvalue weighted by Crippen LogP contribution is 2.18. The summed E-state index contributed by atoms with van der Waals surface area (Å²) in [6.07, 6.45) is 4.89. The van der Waals surface area contributed by atoms with Gasteiger partial charge in [0.05, 0.1) is 12.7 Å². The Morgan fingerprint density at radius 3 is 2.77 bits per heavy atom. The molecule has 0 fully saturated rings. The highest BCUT2D eigenvalue weighted by atomic mass is 32.1. The molecule has 2 heterocycles. The number of nitrogens with one attached hydrogen (secondary N) is 1. The monoisotopic (exact) mass is 320 g/mol. The number of carbonyl (C=O) groups excluding carboxylic acids is 1. The summed E-state index contributed by atoms with van der Waals surface area (Å²) in [5.74, 6) is 0.204. The average molecular weight is 320 g/mol. The van der Waals surface area contributed by atoms with E-state index in [0.717, 1.165) is 25.1 Å². The van der Waals surface area contributed by atoms with Gasteiger partial charge in [-0.2, -0.15) is 5.10 Å². The fourth-order valence-electron chi connectivity index (χ4n) is 2.18. The lowest BCUT2D eigenvalue weighted by molar-refractivity contribution is -0.131. The molecule has 0 aliphatic rings. The van der Waals surface area contributed by atoms with E-state index in [0.29, 0.717) is 13.0 Å². The fraction of sp³-hybridized carbons (Fsp3) is 0.500. The van der Waals surface area contributed by atoms with Crippen molar-refractivity contribution in [3.8, 4) is 0 Å². The molecule has 0 saturated heterocycles. The van der Waals surface area contributed by atoms with Gasteiger partial charge in [-0.15, -0.1) is 11.3 Å². The average Bonchev–Trinajstić information content (AvgIpc) is 3.12. The maximum Gasteiger partial charge on any atom is 0.223 e. The molecule has 2 aromatic rings. The molecule has 0 saturated carbocycles. The number of H-pyrrole nitrogens is 1. The molecule has 1 N–H and O–H groups in total. The van der Waals surface area contributed by atoms with Crippen LogP contribution in [0.3, 0.4) is 0 Å². The van der Waals surface area contributed by atoms with Crippen molar-refractivity contribution in [2.45, 2.75) is 26.3 Å². The molecule has 0 aliphatic carbocycles. The van der Waals surface area contributed by atoms with E-state index < -0.39 is 0 Å². The number of aromatic nitrogens is 2. The Hall–Kier alpha value is -1.66. The standard InChI is InChI=1S/C16H24N4OS/c1-13-6-9-22-15(13)12-20(8-7-19(2)3)16(21)5-4-14-10-17-18-11-14/h6,9-11H,4-5,7-8,12H2,1-3H3,(H,17,18). The zero-order valence-corrected chi connectivity index (χ0v) is 14.3. The molecule has 0 atom stereocenters. The number of likely N-dealkylation sites (N-methyl/N-ethyl adjacent to an activating group) is 1. The molecule has 0 radical (unpaired) electrons. The minimum atomic E-state index is 0.204. The fourth-order valence-corrected chi connectivity index (χ4v) is 3.10. The van der Waals surface area contributed by atoms with Gasteiger partial charge < -0.3 is 9.80 Å². The van der Waals surface area contributed by atoms with Gasteiger partial charge in [0.25, 0.3) is 0 Å².